The van der Waals surface area contributed by atoms with Crippen molar-refractivity contribution in [2.45, 2.75) is 12.5 Å². The van der Waals surface area contributed by atoms with Gasteiger partial charge in [0.15, 0.2) is 11.5 Å². The number of aliphatic carboxylic acids is 1. The van der Waals surface area contributed by atoms with Gasteiger partial charge in [0.05, 0.1) is 37.3 Å². The van der Waals surface area contributed by atoms with E-state index in [1.54, 1.807) is 18.2 Å². The highest BCUT2D eigenvalue weighted by Crippen LogP contribution is 2.31. The van der Waals surface area contributed by atoms with Crippen molar-refractivity contribution in [3.63, 3.8) is 0 Å². The molecule has 1 atom stereocenters. The zero-order valence-electron chi connectivity index (χ0n) is 14.1. The van der Waals surface area contributed by atoms with Crippen molar-refractivity contribution in [2.75, 3.05) is 14.2 Å². The second-order valence-corrected chi connectivity index (χ2v) is 5.77. The molecule has 0 aliphatic heterocycles. The fourth-order valence-corrected chi connectivity index (χ4v) is 2.66. The molecule has 8 heteroatoms. The summed E-state index contributed by atoms with van der Waals surface area (Å²) in [6.45, 7) is 0. The number of ether oxygens (including phenoxy) is 2. The fraction of sp³-hybridized carbons (Fsp3) is 0.222. The third kappa shape index (κ3) is 4.64. The number of carboxylic acids is 1. The molecular weight excluding hydrogens is 365 g/mol. The molecule has 2 N–H and O–H groups in total. The van der Waals surface area contributed by atoms with Crippen LogP contribution >= 0.6 is 11.6 Å². The van der Waals surface area contributed by atoms with Gasteiger partial charge in [0, 0.05) is 0 Å². The molecule has 1 amide bonds. The third-order valence-electron chi connectivity index (χ3n) is 3.67. The van der Waals surface area contributed by atoms with Crippen LogP contribution in [-0.2, 0) is 4.79 Å². The molecule has 0 heterocycles. The molecule has 0 unspecified atom stereocenters. The minimum atomic E-state index is -1.10. The molecule has 2 rings (SSSR count). The number of hydrogen-bond donors (Lipinski definition) is 2. The Morgan fingerprint density at radius 1 is 1.15 bits per heavy atom. The Morgan fingerprint density at radius 3 is 2.42 bits per heavy atom. The SMILES string of the molecule is COc1ccc([C@@H](CC(=O)O)NC(=O)c2ccc(F)cc2Cl)cc1OC. The highest BCUT2D eigenvalue weighted by atomic mass is 35.5. The Balaban J connectivity index is 2.32. The Hall–Kier alpha value is -2.80. The molecule has 0 fully saturated rings. The molecule has 0 aromatic heterocycles. The summed E-state index contributed by atoms with van der Waals surface area (Å²) in [5, 5.41) is 11.7. The molecule has 2 aromatic rings. The van der Waals surface area contributed by atoms with E-state index in [0.29, 0.717) is 17.1 Å². The quantitative estimate of drug-likeness (QED) is 0.767. The average Bonchev–Trinajstić information content (AvgIpc) is 2.59. The van der Waals surface area contributed by atoms with Gasteiger partial charge in [-0.25, -0.2) is 4.39 Å². The van der Waals surface area contributed by atoms with Gasteiger partial charge in [-0.15, -0.1) is 0 Å². The first-order chi connectivity index (χ1) is 12.3. The first-order valence-electron chi connectivity index (χ1n) is 7.55. The summed E-state index contributed by atoms with van der Waals surface area (Å²) in [5.74, 6) is -1.42. The van der Waals surface area contributed by atoms with E-state index in [4.69, 9.17) is 26.2 Å². The number of amides is 1. The normalized spacial score (nSPS) is 11.5. The lowest BCUT2D eigenvalue weighted by molar-refractivity contribution is -0.137. The monoisotopic (exact) mass is 381 g/mol. The molecule has 6 nitrogen and oxygen atoms in total. The van der Waals surface area contributed by atoms with E-state index in [1.807, 2.05) is 0 Å². The van der Waals surface area contributed by atoms with Crippen LogP contribution < -0.4 is 14.8 Å². The van der Waals surface area contributed by atoms with Gasteiger partial charge in [-0.2, -0.15) is 0 Å². The highest BCUT2D eigenvalue weighted by Gasteiger charge is 2.22. The number of nitrogens with one attached hydrogen (secondary N) is 1. The summed E-state index contributed by atoms with van der Waals surface area (Å²) in [4.78, 5) is 23.7. The zero-order valence-corrected chi connectivity index (χ0v) is 14.8. The van der Waals surface area contributed by atoms with Crippen molar-refractivity contribution in [1.82, 2.24) is 5.32 Å². The number of hydrogen-bond acceptors (Lipinski definition) is 4. The van der Waals surface area contributed by atoms with E-state index in [9.17, 15) is 14.0 Å². The van der Waals surface area contributed by atoms with E-state index in [0.717, 1.165) is 12.1 Å². The van der Waals surface area contributed by atoms with Gasteiger partial charge >= 0.3 is 5.97 Å². The van der Waals surface area contributed by atoms with Crippen LogP contribution in [0, 0.1) is 5.82 Å². The molecular formula is C18H17ClFNO5. The third-order valence-corrected chi connectivity index (χ3v) is 3.98. The molecule has 0 bridgehead atoms. The summed E-state index contributed by atoms with van der Waals surface area (Å²) in [5.41, 5.74) is 0.556. The molecule has 0 radical (unpaired) electrons. The maximum Gasteiger partial charge on any atom is 0.305 e. The molecule has 0 spiro atoms. The topological polar surface area (TPSA) is 84.9 Å². The van der Waals surface area contributed by atoms with E-state index >= 15 is 0 Å². The van der Waals surface area contributed by atoms with Crippen LogP contribution in [0.5, 0.6) is 11.5 Å². The number of halogens is 2. The number of carboxylic acid groups (broad SMARTS) is 1. The molecule has 138 valence electrons. The molecule has 0 aliphatic rings. The summed E-state index contributed by atoms with van der Waals surface area (Å²) < 4.78 is 23.5. The van der Waals surface area contributed by atoms with Gasteiger partial charge in [0.1, 0.15) is 5.82 Å². The predicted molar refractivity (Wildman–Crippen MR) is 93.4 cm³/mol. The van der Waals surface area contributed by atoms with E-state index in [2.05, 4.69) is 5.32 Å². The summed E-state index contributed by atoms with van der Waals surface area (Å²) in [6.07, 6.45) is -0.361. The smallest absolute Gasteiger partial charge is 0.305 e. The van der Waals surface area contributed by atoms with Crippen molar-refractivity contribution in [3.8, 4) is 11.5 Å². The standard InChI is InChI=1S/C18H17ClFNO5/c1-25-15-6-3-10(7-16(15)26-2)14(9-17(22)23)21-18(24)12-5-4-11(20)8-13(12)19/h3-8,14H,9H2,1-2H3,(H,21,24)(H,22,23)/t14-/m1/s1. The lowest BCUT2D eigenvalue weighted by Crippen LogP contribution is -2.30. The molecule has 2 aromatic carbocycles. The lowest BCUT2D eigenvalue weighted by Gasteiger charge is -2.19. The van der Waals surface area contributed by atoms with Gasteiger partial charge in [-0.3, -0.25) is 9.59 Å². The van der Waals surface area contributed by atoms with Crippen LogP contribution in [0.25, 0.3) is 0 Å². The summed E-state index contributed by atoms with van der Waals surface area (Å²) in [6, 6.07) is 7.32. The Morgan fingerprint density at radius 2 is 1.85 bits per heavy atom. The van der Waals surface area contributed by atoms with Gasteiger partial charge in [0.2, 0.25) is 0 Å². The van der Waals surface area contributed by atoms with Crippen LogP contribution in [0.3, 0.4) is 0 Å². The number of benzene rings is 2. The Bertz CT molecular complexity index is 827. The Labute approximate surface area is 154 Å². The number of carbonyl (C=O) groups is 2. The number of carbonyl (C=O) groups excluding carboxylic acids is 1. The second-order valence-electron chi connectivity index (χ2n) is 5.36. The van der Waals surface area contributed by atoms with Crippen molar-refractivity contribution in [2.24, 2.45) is 0 Å². The van der Waals surface area contributed by atoms with Crippen LogP contribution in [0.1, 0.15) is 28.4 Å². The Kier molecular flexibility index (Phi) is 6.41. The first-order valence-corrected chi connectivity index (χ1v) is 7.93. The van der Waals surface area contributed by atoms with E-state index in [1.165, 1.54) is 20.3 Å². The van der Waals surface area contributed by atoms with Crippen LogP contribution in [0.2, 0.25) is 5.02 Å². The van der Waals surface area contributed by atoms with Crippen molar-refractivity contribution in [1.29, 1.82) is 0 Å². The van der Waals surface area contributed by atoms with Crippen molar-refractivity contribution < 1.29 is 28.6 Å². The fourth-order valence-electron chi connectivity index (χ4n) is 2.41. The molecule has 0 saturated heterocycles. The highest BCUT2D eigenvalue weighted by molar-refractivity contribution is 6.33. The number of rotatable bonds is 7. The molecule has 26 heavy (non-hydrogen) atoms. The van der Waals surface area contributed by atoms with E-state index in [-0.39, 0.29) is 17.0 Å². The van der Waals surface area contributed by atoms with Gasteiger partial charge in [-0.05, 0) is 35.9 Å². The summed E-state index contributed by atoms with van der Waals surface area (Å²) in [7, 11) is 2.93. The van der Waals surface area contributed by atoms with Crippen LogP contribution in [0.15, 0.2) is 36.4 Å². The lowest BCUT2D eigenvalue weighted by atomic mass is 10.0. The van der Waals surface area contributed by atoms with E-state index < -0.39 is 23.7 Å². The maximum atomic E-state index is 13.1. The zero-order chi connectivity index (χ0) is 19.3. The van der Waals surface area contributed by atoms with Gasteiger partial charge < -0.3 is 19.9 Å². The van der Waals surface area contributed by atoms with Crippen LogP contribution in [0.4, 0.5) is 4.39 Å². The largest absolute Gasteiger partial charge is 0.493 e. The predicted octanol–water partition coefficient (Wildman–Crippen LogP) is 3.44. The number of methoxy groups -OCH3 is 2. The first kappa shape index (κ1) is 19.5. The summed E-state index contributed by atoms with van der Waals surface area (Å²) >= 11 is 5.89. The van der Waals surface area contributed by atoms with Crippen LogP contribution in [-0.4, -0.2) is 31.2 Å². The second kappa shape index (κ2) is 8.53. The minimum Gasteiger partial charge on any atom is -0.493 e. The van der Waals surface area contributed by atoms with Crippen molar-refractivity contribution in [3.05, 3.63) is 58.4 Å². The molecule has 0 aliphatic carbocycles. The van der Waals surface area contributed by atoms with Gasteiger partial charge in [-0.1, -0.05) is 17.7 Å². The van der Waals surface area contributed by atoms with Gasteiger partial charge in [0.25, 0.3) is 5.91 Å². The maximum absolute atomic E-state index is 13.1. The average molecular weight is 382 g/mol. The molecule has 0 saturated carbocycles. The van der Waals surface area contributed by atoms with Crippen molar-refractivity contribution >= 4 is 23.5 Å². The minimum absolute atomic E-state index is 0.0453.